The lowest BCUT2D eigenvalue weighted by molar-refractivity contribution is -0.138. The van der Waals surface area contributed by atoms with E-state index < -0.39 is 0 Å². The van der Waals surface area contributed by atoms with Crippen molar-refractivity contribution >= 4 is 11.8 Å². The molecule has 0 radical (unpaired) electrons. The zero-order valence-electron chi connectivity index (χ0n) is 13.9. The summed E-state index contributed by atoms with van der Waals surface area (Å²) >= 11 is 0. The average molecular weight is 331 g/mol. The van der Waals surface area contributed by atoms with Gasteiger partial charge in [0, 0.05) is 37.7 Å². The highest BCUT2D eigenvalue weighted by Gasteiger charge is 2.36. The fraction of sp³-hybridized carbons (Fsp3) is 0.556. The van der Waals surface area contributed by atoms with Gasteiger partial charge in [-0.3, -0.25) is 9.59 Å². The van der Waals surface area contributed by atoms with E-state index in [1.807, 2.05) is 4.90 Å². The molecule has 1 aliphatic heterocycles. The van der Waals surface area contributed by atoms with Crippen LogP contribution in [0.15, 0.2) is 24.3 Å². The highest BCUT2D eigenvalue weighted by atomic mass is 16.3. The second-order valence-electron chi connectivity index (χ2n) is 6.70. The smallest absolute Gasteiger partial charge is 0.254 e. The first-order valence-corrected chi connectivity index (χ1v) is 8.67. The van der Waals surface area contributed by atoms with Crippen molar-refractivity contribution in [2.45, 2.75) is 19.3 Å². The van der Waals surface area contributed by atoms with Gasteiger partial charge >= 0.3 is 0 Å². The third-order valence-corrected chi connectivity index (χ3v) is 5.25. The molecule has 2 aliphatic rings. The number of rotatable bonds is 3. The van der Waals surface area contributed by atoms with E-state index in [0.717, 1.165) is 19.3 Å². The van der Waals surface area contributed by atoms with Gasteiger partial charge in [-0.2, -0.15) is 0 Å². The van der Waals surface area contributed by atoms with Gasteiger partial charge in [0.15, 0.2) is 0 Å². The molecule has 1 saturated heterocycles. The van der Waals surface area contributed by atoms with Crippen LogP contribution in [0.2, 0.25) is 0 Å². The number of phenolic OH excluding ortho intramolecular Hbond substituents is 1. The lowest BCUT2D eigenvalue weighted by Crippen LogP contribution is -2.52. The molecular weight excluding hydrogens is 306 g/mol. The number of piperazine rings is 1. The third kappa shape index (κ3) is 3.38. The first-order valence-electron chi connectivity index (χ1n) is 8.67. The topological polar surface area (TPSA) is 86.9 Å². The minimum atomic E-state index is -0.0984. The Morgan fingerprint density at radius 2 is 1.83 bits per heavy atom. The van der Waals surface area contributed by atoms with Gasteiger partial charge in [-0.15, -0.1) is 0 Å². The van der Waals surface area contributed by atoms with Crippen LogP contribution in [0.5, 0.6) is 5.75 Å². The van der Waals surface area contributed by atoms with E-state index in [1.165, 1.54) is 6.07 Å². The fourth-order valence-corrected chi connectivity index (χ4v) is 3.83. The Morgan fingerprint density at radius 1 is 1.12 bits per heavy atom. The highest BCUT2D eigenvalue weighted by molar-refractivity contribution is 5.94. The first kappa shape index (κ1) is 16.8. The maximum atomic E-state index is 12.7. The molecule has 3 rings (SSSR count). The number of hydrogen-bond acceptors (Lipinski definition) is 4. The second-order valence-corrected chi connectivity index (χ2v) is 6.70. The number of nitrogens with two attached hydrogens (primary N) is 1. The van der Waals surface area contributed by atoms with Gasteiger partial charge in [0.25, 0.3) is 5.91 Å². The molecule has 1 aromatic carbocycles. The lowest BCUT2D eigenvalue weighted by Gasteiger charge is -2.36. The molecule has 2 atom stereocenters. The van der Waals surface area contributed by atoms with Crippen molar-refractivity contribution in [3.8, 4) is 5.75 Å². The number of carbonyl (C=O) groups excluding carboxylic acids is 2. The largest absolute Gasteiger partial charge is 0.508 e. The van der Waals surface area contributed by atoms with Crippen molar-refractivity contribution in [3.63, 3.8) is 0 Å². The molecule has 24 heavy (non-hydrogen) atoms. The third-order valence-electron chi connectivity index (χ3n) is 5.25. The molecule has 0 unspecified atom stereocenters. The normalized spacial score (nSPS) is 24.2. The maximum absolute atomic E-state index is 12.7. The monoisotopic (exact) mass is 331 g/mol. The molecule has 0 spiro atoms. The van der Waals surface area contributed by atoms with E-state index in [-0.39, 0.29) is 23.5 Å². The molecular formula is C18H25N3O3. The molecule has 0 aromatic heterocycles. The van der Waals surface area contributed by atoms with E-state index in [0.29, 0.717) is 44.2 Å². The van der Waals surface area contributed by atoms with E-state index >= 15 is 0 Å². The molecule has 1 heterocycles. The Balaban J connectivity index is 1.57. The Kier molecular flexibility index (Phi) is 5.04. The maximum Gasteiger partial charge on any atom is 0.254 e. The summed E-state index contributed by atoms with van der Waals surface area (Å²) in [5.41, 5.74) is 6.27. The van der Waals surface area contributed by atoms with E-state index in [9.17, 15) is 14.7 Å². The summed E-state index contributed by atoms with van der Waals surface area (Å²) in [6.45, 7) is 2.77. The minimum absolute atomic E-state index is 0.0586. The Bertz CT molecular complexity index is 611. The summed E-state index contributed by atoms with van der Waals surface area (Å²) in [6.07, 6.45) is 3.06. The molecule has 2 fully saturated rings. The van der Waals surface area contributed by atoms with E-state index in [4.69, 9.17) is 5.73 Å². The lowest BCUT2D eigenvalue weighted by atomic mass is 9.94. The zero-order valence-corrected chi connectivity index (χ0v) is 13.9. The van der Waals surface area contributed by atoms with Crippen LogP contribution in [0.3, 0.4) is 0 Å². The van der Waals surface area contributed by atoms with Gasteiger partial charge in [-0.1, -0.05) is 12.5 Å². The number of aromatic hydroxyl groups is 1. The molecule has 1 aliphatic carbocycles. The zero-order chi connectivity index (χ0) is 17.1. The van der Waals surface area contributed by atoms with Crippen molar-refractivity contribution < 1.29 is 14.7 Å². The number of nitrogens with zero attached hydrogens (tertiary/aromatic N) is 2. The van der Waals surface area contributed by atoms with Crippen LogP contribution in [0, 0.1) is 11.8 Å². The van der Waals surface area contributed by atoms with Gasteiger partial charge in [0.2, 0.25) is 5.91 Å². The Morgan fingerprint density at radius 3 is 2.50 bits per heavy atom. The van der Waals surface area contributed by atoms with E-state index in [1.54, 1.807) is 23.1 Å². The summed E-state index contributed by atoms with van der Waals surface area (Å²) in [5.74, 6) is 0.558. The molecule has 1 aromatic rings. The van der Waals surface area contributed by atoms with Crippen LogP contribution in [-0.4, -0.2) is 59.4 Å². The molecule has 130 valence electrons. The van der Waals surface area contributed by atoms with Crippen LogP contribution in [0.4, 0.5) is 0 Å². The van der Waals surface area contributed by atoms with Crippen LogP contribution >= 0.6 is 0 Å². The van der Waals surface area contributed by atoms with Gasteiger partial charge in [-0.25, -0.2) is 0 Å². The average Bonchev–Trinajstić information content (AvgIpc) is 3.09. The number of benzene rings is 1. The predicted octanol–water partition coefficient (Wildman–Crippen LogP) is 1.05. The van der Waals surface area contributed by atoms with Crippen molar-refractivity contribution in [3.05, 3.63) is 29.8 Å². The summed E-state index contributed by atoms with van der Waals surface area (Å²) in [5, 5.41) is 9.51. The molecule has 2 amide bonds. The fourth-order valence-electron chi connectivity index (χ4n) is 3.83. The van der Waals surface area contributed by atoms with Crippen molar-refractivity contribution in [1.82, 2.24) is 9.80 Å². The predicted molar refractivity (Wildman–Crippen MR) is 90.5 cm³/mol. The van der Waals surface area contributed by atoms with Gasteiger partial charge in [0.05, 0.1) is 0 Å². The molecule has 6 nitrogen and oxygen atoms in total. The van der Waals surface area contributed by atoms with Crippen LogP contribution < -0.4 is 5.73 Å². The Hall–Kier alpha value is -2.08. The standard InChI is InChI=1S/C18H25N3O3/c19-12-14-4-2-6-16(14)18(24)21-9-7-20(8-10-21)17(23)13-3-1-5-15(22)11-13/h1,3,5,11,14,16,22H,2,4,6-10,12,19H2/t14-,16-/m1/s1. The van der Waals surface area contributed by atoms with Crippen molar-refractivity contribution in [1.29, 1.82) is 0 Å². The van der Waals surface area contributed by atoms with E-state index in [2.05, 4.69) is 0 Å². The quantitative estimate of drug-likeness (QED) is 0.867. The van der Waals surface area contributed by atoms with Crippen LogP contribution in [-0.2, 0) is 4.79 Å². The number of hydrogen-bond donors (Lipinski definition) is 2. The van der Waals surface area contributed by atoms with Gasteiger partial charge < -0.3 is 20.6 Å². The van der Waals surface area contributed by atoms with Crippen molar-refractivity contribution in [2.24, 2.45) is 17.6 Å². The Labute approximate surface area is 142 Å². The summed E-state index contributed by atoms with van der Waals surface area (Å²) in [7, 11) is 0. The highest BCUT2D eigenvalue weighted by Crippen LogP contribution is 2.32. The second kappa shape index (κ2) is 7.21. The van der Waals surface area contributed by atoms with Gasteiger partial charge in [-0.05, 0) is 43.5 Å². The van der Waals surface area contributed by atoms with Crippen LogP contribution in [0.25, 0.3) is 0 Å². The number of amides is 2. The van der Waals surface area contributed by atoms with Gasteiger partial charge in [0.1, 0.15) is 5.75 Å². The first-order chi connectivity index (χ1) is 11.6. The summed E-state index contributed by atoms with van der Waals surface area (Å²) < 4.78 is 0. The summed E-state index contributed by atoms with van der Waals surface area (Å²) in [4.78, 5) is 28.8. The molecule has 0 bridgehead atoms. The molecule has 6 heteroatoms. The minimum Gasteiger partial charge on any atom is -0.508 e. The van der Waals surface area contributed by atoms with Crippen LogP contribution in [0.1, 0.15) is 29.6 Å². The summed E-state index contributed by atoms with van der Waals surface area (Å²) in [6, 6.07) is 6.38. The SMILES string of the molecule is NC[C@H]1CCC[C@H]1C(=O)N1CCN(C(=O)c2cccc(O)c2)CC1. The molecule has 1 saturated carbocycles. The molecule has 3 N–H and O–H groups in total. The number of phenols is 1. The number of carbonyl (C=O) groups is 2. The van der Waals surface area contributed by atoms with Crippen molar-refractivity contribution in [2.75, 3.05) is 32.7 Å².